The molecule has 1 N–H and O–H groups in total. The van der Waals surface area contributed by atoms with Crippen molar-refractivity contribution in [2.45, 2.75) is 75.9 Å². The first-order valence-electron chi connectivity index (χ1n) is 8.82. The molecule has 7 heteroatoms. The third-order valence-corrected chi connectivity index (χ3v) is 4.90. The first-order valence-corrected chi connectivity index (χ1v) is 8.82. The van der Waals surface area contributed by atoms with Gasteiger partial charge in [0.25, 0.3) is 0 Å². The van der Waals surface area contributed by atoms with E-state index in [-0.39, 0.29) is 0 Å². The summed E-state index contributed by atoms with van der Waals surface area (Å²) in [5, 5.41) is 10.7. The third-order valence-electron chi connectivity index (χ3n) is 4.90. The fourth-order valence-electron chi connectivity index (χ4n) is 3.94. The van der Waals surface area contributed by atoms with Gasteiger partial charge in [0.05, 0.1) is 5.56 Å². The molecule has 0 amide bonds. The Morgan fingerprint density at radius 3 is 1.85 bits per heavy atom. The van der Waals surface area contributed by atoms with Gasteiger partial charge in [-0.05, 0) is 39.8 Å². The van der Waals surface area contributed by atoms with Crippen molar-refractivity contribution in [1.29, 1.82) is 0 Å². The summed E-state index contributed by atoms with van der Waals surface area (Å²) in [5.74, 6) is -2.28. The molecular formula is C19H24O7. The van der Waals surface area contributed by atoms with E-state index in [1.165, 1.54) is 0 Å². The van der Waals surface area contributed by atoms with E-state index in [4.69, 9.17) is 23.7 Å². The number of carbonyl (C=O) groups is 1. The molecule has 1 aromatic rings. The average molecular weight is 364 g/mol. The van der Waals surface area contributed by atoms with E-state index < -0.39 is 54.2 Å². The highest BCUT2D eigenvalue weighted by atomic mass is 16.8. The lowest BCUT2D eigenvalue weighted by Crippen LogP contribution is -2.62. The lowest BCUT2D eigenvalue weighted by atomic mass is 9.85. The van der Waals surface area contributed by atoms with Crippen molar-refractivity contribution >= 4 is 5.97 Å². The van der Waals surface area contributed by atoms with Gasteiger partial charge in [-0.15, -0.1) is 0 Å². The van der Waals surface area contributed by atoms with Crippen molar-refractivity contribution in [3.8, 4) is 0 Å². The molecule has 2 saturated heterocycles. The molecule has 6 atom stereocenters. The summed E-state index contributed by atoms with van der Waals surface area (Å²) in [5.41, 5.74) is 0.433. The molecule has 2 heterocycles. The molecular weight excluding hydrogens is 340 g/mol. The Labute approximate surface area is 152 Å². The topological polar surface area (TPSA) is 83.5 Å². The molecule has 0 spiro atoms. The van der Waals surface area contributed by atoms with E-state index >= 15 is 0 Å². The molecule has 4 rings (SSSR count). The van der Waals surface area contributed by atoms with Gasteiger partial charge in [0.15, 0.2) is 17.7 Å². The minimum Gasteiger partial charge on any atom is -0.453 e. The van der Waals surface area contributed by atoms with Gasteiger partial charge in [0, 0.05) is 0 Å². The molecule has 1 aliphatic carbocycles. The summed E-state index contributed by atoms with van der Waals surface area (Å²) < 4.78 is 29.4. The van der Waals surface area contributed by atoms with Gasteiger partial charge < -0.3 is 28.8 Å². The van der Waals surface area contributed by atoms with Crippen LogP contribution in [0.2, 0.25) is 0 Å². The fourth-order valence-corrected chi connectivity index (χ4v) is 3.94. The highest BCUT2D eigenvalue weighted by Crippen LogP contribution is 2.45. The molecule has 7 nitrogen and oxygen atoms in total. The number of carbonyl (C=O) groups excluding carboxylic acids is 1. The van der Waals surface area contributed by atoms with Gasteiger partial charge in [-0.1, -0.05) is 18.2 Å². The fraction of sp³-hybridized carbons (Fsp3) is 0.632. The molecule has 3 fully saturated rings. The zero-order chi connectivity index (χ0) is 18.7. The second kappa shape index (κ2) is 6.00. The molecule has 1 aromatic carbocycles. The molecule has 3 aliphatic rings. The zero-order valence-corrected chi connectivity index (χ0v) is 15.2. The maximum absolute atomic E-state index is 12.6. The number of hydrogen-bond acceptors (Lipinski definition) is 7. The molecule has 0 aromatic heterocycles. The Balaban J connectivity index is 1.64. The number of rotatable bonds is 2. The van der Waals surface area contributed by atoms with Crippen LogP contribution in [0, 0.1) is 0 Å². The summed E-state index contributed by atoms with van der Waals surface area (Å²) in [6, 6.07) is 8.72. The van der Waals surface area contributed by atoms with Gasteiger partial charge in [0.1, 0.15) is 30.5 Å². The predicted molar refractivity (Wildman–Crippen MR) is 89.3 cm³/mol. The minimum atomic E-state index is -0.944. The molecule has 1 saturated carbocycles. The second-order valence-electron chi connectivity index (χ2n) is 7.86. The minimum absolute atomic E-state index is 0.433. The molecule has 0 radical (unpaired) electrons. The third kappa shape index (κ3) is 3.04. The largest absolute Gasteiger partial charge is 0.453 e. The summed E-state index contributed by atoms with van der Waals surface area (Å²) in [4.78, 5) is 12.6. The van der Waals surface area contributed by atoms with Crippen molar-refractivity contribution in [3.05, 3.63) is 35.9 Å². The Bertz CT molecular complexity index is 654. The number of aliphatic hydroxyl groups excluding tert-OH is 1. The van der Waals surface area contributed by atoms with Gasteiger partial charge >= 0.3 is 5.97 Å². The van der Waals surface area contributed by atoms with Crippen LogP contribution >= 0.6 is 0 Å². The monoisotopic (exact) mass is 364 g/mol. The van der Waals surface area contributed by atoms with Gasteiger partial charge in [0.2, 0.25) is 0 Å². The van der Waals surface area contributed by atoms with Crippen LogP contribution in [0.3, 0.4) is 0 Å². The van der Waals surface area contributed by atoms with E-state index in [1.807, 2.05) is 6.07 Å². The summed E-state index contributed by atoms with van der Waals surface area (Å²) >= 11 is 0. The lowest BCUT2D eigenvalue weighted by Gasteiger charge is -2.40. The van der Waals surface area contributed by atoms with E-state index in [1.54, 1.807) is 52.0 Å². The smallest absolute Gasteiger partial charge is 0.338 e. The van der Waals surface area contributed by atoms with Crippen LogP contribution in [-0.2, 0) is 23.7 Å². The maximum Gasteiger partial charge on any atom is 0.338 e. The SMILES string of the molecule is CC1(C)O[C@@H]2C(O)[C@H]3OC(C)(C)O[C@H]3C(OC(=O)c3ccccc3)[C@H]2O1. The van der Waals surface area contributed by atoms with Crippen molar-refractivity contribution in [1.82, 2.24) is 0 Å². The van der Waals surface area contributed by atoms with E-state index in [9.17, 15) is 9.90 Å². The van der Waals surface area contributed by atoms with Crippen molar-refractivity contribution in [2.75, 3.05) is 0 Å². The van der Waals surface area contributed by atoms with Gasteiger partial charge in [-0.3, -0.25) is 0 Å². The van der Waals surface area contributed by atoms with Crippen molar-refractivity contribution < 1.29 is 33.6 Å². The summed E-state index contributed by atoms with van der Waals surface area (Å²) in [7, 11) is 0. The van der Waals surface area contributed by atoms with E-state index in [0.717, 1.165) is 0 Å². The van der Waals surface area contributed by atoms with E-state index in [0.29, 0.717) is 5.56 Å². The molecule has 2 aliphatic heterocycles. The normalized spacial score (nSPS) is 39.9. The van der Waals surface area contributed by atoms with Crippen LogP contribution in [0.25, 0.3) is 0 Å². The number of ether oxygens (including phenoxy) is 5. The number of fused-ring (bicyclic) bond motifs is 2. The Morgan fingerprint density at radius 2 is 1.35 bits per heavy atom. The zero-order valence-electron chi connectivity index (χ0n) is 15.2. The second-order valence-corrected chi connectivity index (χ2v) is 7.86. The van der Waals surface area contributed by atoms with Crippen molar-refractivity contribution in [2.24, 2.45) is 0 Å². The molecule has 0 bridgehead atoms. The van der Waals surface area contributed by atoms with Crippen LogP contribution in [-0.4, -0.2) is 59.3 Å². The van der Waals surface area contributed by atoms with Crippen LogP contribution in [0.15, 0.2) is 30.3 Å². The predicted octanol–water partition coefficient (Wildman–Crippen LogP) is 1.63. The molecule has 26 heavy (non-hydrogen) atoms. The van der Waals surface area contributed by atoms with Gasteiger partial charge in [-0.2, -0.15) is 0 Å². The van der Waals surface area contributed by atoms with E-state index in [2.05, 4.69) is 0 Å². The first kappa shape index (κ1) is 17.9. The summed E-state index contributed by atoms with van der Waals surface area (Å²) in [6.45, 7) is 7.04. The molecule has 2 unspecified atom stereocenters. The standard InChI is InChI=1S/C19H24O7/c1-18(2)23-12-11(20)13-16(26-19(3,4)24-13)14(15(12)25-18)22-17(21)10-8-6-5-7-9-10/h5-9,11-16,20H,1-4H3/t11?,12-,13-,14?,15-,16+/m1/s1. The number of benzene rings is 1. The first-order chi connectivity index (χ1) is 12.2. The highest BCUT2D eigenvalue weighted by molar-refractivity contribution is 5.89. The highest BCUT2D eigenvalue weighted by Gasteiger charge is 2.64. The summed E-state index contributed by atoms with van der Waals surface area (Å²) in [6.07, 6.45) is -4.34. The molecule has 142 valence electrons. The van der Waals surface area contributed by atoms with Crippen LogP contribution < -0.4 is 0 Å². The average Bonchev–Trinajstić information content (AvgIpc) is 3.08. The number of aliphatic hydroxyl groups is 1. The number of esters is 1. The Morgan fingerprint density at radius 1 is 0.885 bits per heavy atom. The van der Waals surface area contributed by atoms with Crippen molar-refractivity contribution in [3.63, 3.8) is 0 Å². The Hall–Kier alpha value is -1.51. The number of hydrogen-bond donors (Lipinski definition) is 1. The Kier molecular flexibility index (Phi) is 4.13. The van der Waals surface area contributed by atoms with Gasteiger partial charge in [-0.25, -0.2) is 4.79 Å². The lowest BCUT2D eigenvalue weighted by molar-refractivity contribution is -0.183. The maximum atomic E-state index is 12.6. The van der Waals surface area contributed by atoms with Crippen LogP contribution in [0.5, 0.6) is 0 Å². The van der Waals surface area contributed by atoms with Crippen LogP contribution in [0.4, 0.5) is 0 Å². The van der Waals surface area contributed by atoms with Crippen LogP contribution in [0.1, 0.15) is 38.1 Å². The quantitative estimate of drug-likeness (QED) is 0.799.